The number of nitrogens with zero attached hydrogens (tertiary/aromatic N) is 4. The van der Waals surface area contributed by atoms with E-state index in [1.165, 1.54) is 5.56 Å². The van der Waals surface area contributed by atoms with E-state index in [1.807, 2.05) is 53.3 Å². The Bertz CT molecular complexity index is 1100. The fraction of sp³-hybridized carbons (Fsp3) is 0.190. The zero-order valence-corrected chi connectivity index (χ0v) is 15.1. The van der Waals surface area contributed by atoms with Crippen LogP contribution in [0.1, 0.15) is 12.5 Å². The van der Waals surface area contributed by atoms with Gasteiger partial charge >= 0.3 is 0 Å². The number of hydrogen-bond acceptors (Lipinski definition) is 4. The third kappa shape index (κ3) is 3.80. The zero-order chi connectivity index (χ0) is 18.6. The van der Waals surface area contributed by atoms with Gasteiger partial charge in [0.2, 0.25) is 0 Å². The van der Waals surface area contributed by atoms with E-state index in [2.05, 4.69) is 34.5 Å². The molecule has 0 saturated carbocycles. The Hall–Kier alpha value is -3.25. The second-order valence-electron chi connectivity index (χ2n) is 6.62. The molecule has 0 amide bonds. The van der Waals surface area contributed by atoms with E-state index in [0.717, 1.165) is 11.2 Å². The minimum atomic E-state index is -0.00469. The average molecular weight is 359 g/mol. The number of rotatable bonds is 6. The van der Waals surface area contributed by atoms with Gasteiger partial charge in [0.05, 0.1) is 22.9 Å². The van der Waals surface area contributed by atoms with Crippen molar-refractivity contribution in [1.29, 1.82) is 0 Å². The molecule has 136 valence electrons. The quantitative estimate of drug-likeness (QED) is 0.575. The molecule has 0 aliphatic heterocycles. The van der Waals surface area contributed by atoms with E-state index >= 15 is 0 Å². The predicted molar refractivity (Wildman–Crippen MR) is 106 cm³/mol. The fourth-order valence-corrected chi connectivity index (χ4v) is 3.12. The summed E-state index contributed by atoms with van der Waals surface area (Å²) in [5, 5.41) is 8.39. The minimum Gasteiger partial charge on any atom is -0.308 e. The predicted octanol–water partition coefficient (Wildman–Crippen LogP) is 2.76. The van der Waals surface area contributed by atoms with Crippen molar-refractivity contribution in [2.75, 3.05) is 0 Å². The van der Waals surface area contributed by atoms with E-state index in [-0.39, 0.29) is 11.6 Å². The van der Waals surface area contributed by atoms with Gasteiger partial charge in [0.1, 0.15) is 0 Å². The summed E-state index contributed by atoms with van der Waals surface area (Å²) >= 11 is 0. The minimum absolute atomic E-state index is 0.00469. The first kappa shape index (κ1) is 17.2. The second-order valence-corrected chi connectivity index (χ2v) is 6.62. The van der Waals surface area contributed by atoms with Crippen molar-refractivity contribution in [2.45, 2.75) is 26.1 Å². The van der Waals surface area contributed by atoms with E-state index in [0.29, 0.717) is 18.5 Å². The fourth-order valence-electron chi connectivity index (χ4n) is 3.12. The lowest BCUT2D eigenvalue weighted by Gasteiger charge is -2.16. The maximum Gasteiger partial charge on any atom is 0.261 e. The van der Waals surface area contributed by atoms with Crippen molar-refractivity contribution in [2.24, 2.45) is 0 Å². The van der Waals surface area contributed by atoms with Gasteiger partial charge in [-0.05, 0) is 42.8 Å². The van der Waals surface area contributed by atoms with E-state index in [9.17, 15) is 4.79 Å². The Labute approximate surface area is 157 Å². The van der Waals surface area contributed by atoms with Crippen LogP contribution in [-0.2, 0) is 13.1 Å². The van der Waals surface area contributed by atoms with Crippen LogP contribution in [0.4, 0.5) is 0 Å². The summed E-state index contributed by atoms with van der Waals surface area (Å²) in [4.78, 5) is 17.0. The Kier molecular flexibility index (Phi) is 4.80. The van der Waals surface area contributed by atoms with Crippen LogP contribution >= 0.6 is 0 Å². The first-order valence-electron chi connectivity index (χ1n) is 8.97. The Balaban J connectivity index is 1.43. The van der Waals surface area contributed by atoms with Crippen molar-refractivity contribution in [3.8, 4) is 5.69 Å². The first-order chi connectivity index (χ1) is 13.2. The molecule has 0 unspecified atom stereocenters. The molecule has 6 nitrogen and oxygen atoms in total. The molecule has 0 aliphatic carbocycles. The van der Waals surface area contributed by atoms with Crippen molar-refractivity contribution < 1.29 is 0 Å². The molecule has 0 saturated heterocycles. The highest BCUT2D eigenvalue weighted by molar-refractivity contribution is 5.76. The molecule has 1 N–H and O–H groups in total. The summed E-state index contributed by atoms with van der Waals surface area (Å²) in [6, 6.07) is 17.7. The molecule has 27 heavy (non-hydrogen) atoms. The van der Waals surface area contributed by atoms with Crippen LogP contribution < -0.4 is 10.9 Å². The lowest BCUT2D eigenvalue weighted by atomic mass is 10.2. The van der Waals surface area contributed by atoms with Crippen LogP contribution in [0, 0.1) is 0 Å². The van der Waals surface area contributed by atoms with Crippen molar-refractivity contribution in [3.05, 3.63) is 89.2 Å². The molecule has 2 aromatic heterocycles. The van der Waals surface area contributed by atoms with E-state index in [4.69, 9.17) is 0 Å². The molecule has 0 radical (unpaired) electrons. The van der Waals surface area contributed by atoms with Crippen molar-refractivity contribution >= 4 is 10.9 Å². The highest BCUT2D eigenvalue weighted by Crippen LogP contribution is 2.10. The van der Waals surface area contributed by atoms with Crippen molar-refractivity contribution in [1.82, 2.24) is 24.6 Å². The number of para-hydroxylation sites is 1. The average Bonchev–Trinajstić information content (AvgIpc) is 3.24. The molecule has 0 fully saturated rings. The van der Waals surface area contributed by atoms with Gasteiger partial charge in [0.25, 0.3) is 5.56 Å². The summed E-state index contributed by atoms with van der Waals surface area (Å²) in [5.41, 5.74) is 2.92. The Morgan fingerprint density at radius 1 is 1.11 bits per heavy atom. The Morgan fingerprint density at radius 2 is 2.00 bits per heavy atom. The second kappa shape index (κ2) is 7.55. The monoisotopic (exact) mass is 359 g/mol. The lowest BCUT2D eigenvalue weighted by Crippen LogP contribution is -2.34. The van der Waals surface area contributed by atoms with Gasteiger partial charge in [-0.25, -0.2) is 9.67 Å². The van der Waals surface area contributed by atoms with Gasteiger partial charge in [-0.2, -0.15) is 5.10 Å². The summed E-state index contributed by atoms with van der Waals surface area (Å²) in [6.07, 6.45) is 5.32. The van der Waals surface area contributed by atoms with Gasteiger partial charge in [-0.3, -0.25) is 9.36 Å². The Morgan fingerprint density at radius 3 is 2.85 bits per heavy atom. The van der Waals surface area contributed by atoms with E-state index in [1.54, 1.807) is 17.1 Å². The van der Waals surface area contributed by atoms with Gasteiger partial charge in [-0.1, -0.05) is 24.3 Å². The molecule has 0 aliphatic rings. The zero-order valence-electron chi connectivity index (χ0n) is 15.1. The third-order valence-corrected chi connectivity index (χ3v) is 4.54. The maximum atomic E-state index is 12.6. The van der Waals surface area contributed by atoms with Crippen LogP contribution in [0.2, 0.25) is 0 Å². The molecule has 2 aromatic carbocycles. The van der Waals surface area contributed by atoms with Crippen LogP contribution in [0.5, 0.6) is 0 Å². The summed E-state index contributed by atoms with van der Waals surface area (Å²) < 4.78 is 3.51. The number of nitrogens with one attached hydrogen (secondary N) is 1. The first-order valence-corrected chi connectivity index (χ1v) is 8.97. The number of hydrogen-bond donors (Lipinski definition) is 1. The third-order valence-electron chi connectivity index (χ3n) is 4.54. The molecular weight excluding hydrogens is 338 g/mol. The molecule has 0 spiro atoms. The highest BCUT2D eigenvalue weighted by atomic mass is 16.1. The van der Waals surface area contributed by atoms with Crippen LogP contribution in [0.3, 0.4) is 0 Å². The number of benzene rings is 2. The SMILES string of the molecule is C[C@H](Cn1cnc2ccccc2c1=O)NCc1cccc(-n2cccn2)c1. The lowest BCUT2D eigenvalue weighted by molar-refractivity contribution is 0.467. The van der Waals surface area contributed by atoms with Crippen LogP contribution in [0.15, 0.2) is 78.1 Å². The molecular formula is C21H21N5O. The summed E-state index contributed by atoms with van der Waals surface area (Å²) in [6.45, 7) is 3.35. The molecule has 6 heteroatoms. The van der Waals surface area contributed by atoms with Gasteiger partial charge in [0.15, 0.2) is 0 Å². The van der Waals surface area contributed by atoms with Gasteiger partial charge in [0, 0.05) is 31.5 Å². The largest absolute Gasteiger partial charge is 0.308 e. The molecule has 4 aromatic rings. The van der Waals surface area contributed by atoms with Crippen LogP contribution in [-0.4, -0.2) is 25.4 Å². The van der Waals surface area contributed by atoms with Gasteiger partial charge < -0.3 is 5.32 Å². The molecule has 4 rings (SSSR count). The molecule has 1 atom stereocenters. The number of aromatic nitrogens is 4. The van der Waals surface area contributed by atoms with Gasteiger partial charge in [-0.15, -0.1) is 0 Å². The summed E-state index contributed by atoms with van der Waals surface area (Å²) in [7, 11) is 0. The van der Waals surface area contributed by atoms with E-state index < -0.39 is 0 Å². The molecule has 0 bridgehead atoms. The normalized spacial score (nSPS) is 12.3. The topological polar surface area (TPSA) is 64.7 Å². The molecule has 2 heterocycles. The van der Waals surface area contributed by atoms with Crippen molar-refractivity contribution in [3.63, 3.8) is 0 Å². The maximum absolute atomic E-state index is 12.6. The number of fused-ring (bicyclic) bond motifs is 1. The smallest absolute Gasteiger partial charge is 0.261 e. The standard InChI is InChI=1S/C21H21N5O/c1-16(14-25-15-23-20-9-3-2-8-19(20)21(25)27)22-13-17-6-4-7-18(12-17)26-11-5-10-24-26/h2-12,15-16,22H,13-14H2,1H3/t16-/m1/s1. The highest BCUT2D eigenvalue weighted by Gasteiger charge is 2.08. The summed E-state index contributed by atoms with van der Waals surface area (Å²) in [5.74, 6) is 0. The van der Waals surface area contributed by atoms with Crippen LogP contribution in [0.25, 0.3) is 16.6 Å².